The first-order valence-corrected chi connectivity index (χ1v) is 9.74. The summed E-state index contributed by atoms with van der Waals surface area (Å²) in [6, 6.07) is 2.97. The minimum Gasteiger partial charge on any atom is -0.454 e. The highest BCUT2D eigenvalue weighted by Crippen LogP contribution is 2.39. The van der Waals surface area contributed by atoms with Crippen molar-refractivity contribution >= 4 is 35.8 Å². The fourth-order valence-corrected chi connectivity index (χ4v) is 3.21. The molecule has 0 saturated carbocycles. The normalized spacial score (nSPS) is 15.2. The molecule has 1 aromatic carbocycles. The molecule has 2 N–H and O–H groups in total. The summed E-state index contributed by atoms with van der Waals surface area (Å²) in [4.78, 5) is 18.4. The van der Waals surface area contributed by atoms with Crippen LogP contribution < -0.4 is 24.8 Å². The number of hydrogen-bond donors (Lipinski definition) is 2. The van der Waals surface area contributed by atoms with Crippen LogP contribution in [0.4, 0.5) is 8.78 Å². The van der Waals surface area contributed by atoms with Crippen molar-refractivity contribution in [1.29, 1.82) is 0 Å². The van der Waals surface area contributed by atoms with E-state index in [4.69, 9.17) is 9.47 Å². The number of benzene rings is 1. The number of halogens is 3. The third-order valence-electron chi connectivity index (χ3n) is 4.61. The zero-order valence-corrected chi connectivity index (χ0v) is 19.1. The maximum atomic E-state index is 12.8. The number of alkyl halides is 2. The minimum absolute atomic E-state index is 0. The molecule has 8 nitrogen and oxygen atoms in total. The van der Waals surface area contributed by atoms with Crippen LogP contribution in [0.25, 0.3) is 0 Å². The summed E-state index contributed by atoms with van der Waals surface area (Å²) in [7, 11) is 0. The molecular weight excluding hydrogens is 513 g/mol. The van der Waals surface area contributed by atoms with Crippen molar-refractivity contribution < 1.29 is 27.8 Å². The Bertz CT molecular complexity index is 745. The van der Waals surface area contributed by atoms with Gasteiger partial charge in [-0.15, -0.1) is 24.0 Å². The molecule has 0 unspecified atom stereocenters. The molecule has 1 aromatic rings. The summed E-state index contributed by atoms with van der Waals surface area (Å²) in [5, 5.41) is 6.18. The number of nitrogens with one attached hydrogen (secondary N) is 2. The number of hydrogen-bond acceptors (Lipinski definition) is 5. The Morgan fingerprint density at radius 1 is 1.23 bits per heavy atom. The minimum atomic E-state index is -2.96. The van der Waals surface area contributed by atoms with Crippen LogP contribution >= 0.6 is 24.0 Å². The maximum Gasteiger partial charge on any atom is 0.387 e. The number of carbonyl (C=O) groups is 1. The van der Waals surface area contributed by atoms with Gasteiger partial charge in [0, 0.05) is 44.2 Å². The quantitative estimate of drug-likeness (QED) is 0.300. The summed E-state index contributed by atoms with van der Waals surface area (Å²) < 4.78 is 40.6. The van der Waals surface area contributed by atoms with Crippen molar-refractivity contribution in [2.24, 2.45) is 4.99 Å². The van der Waals surface area contributed by atoms with E-state index in [1.165, 1.54) is 6.07 Å². The van der Waals surface area contributed by atoms with Crippen LogP contribution in [0.3, 0.4) is 0 Å². The van der Waals surface area contributed by atoms with E-state index in [0.717, 1.165) is 25.9 Å². The predicted molar refractivity (Wildman–Crippen MR) is 118 cm³/mol. The van der Waals surface area contributed by atoms with Gasteiger partial charge in [0.15, 0.2) is 17.5 Å². The highest BCUT2D eigenvalue weighted by atomic mass is 127. The third-order valence-corrected chi connectivity index (χ3v) is 4.61. The molecule has 30 heavy (non-hydrogen) atoms. The molecule has 0 spiro atoms. The Labute approximate surface area is 191 Å². The number of nitrogens with zero attached hydrogens (tertiary/aromatic N) is 2. The van der Waals surface area contributed by atoms with Crippen LogP contribution in [-0.4, -0.2) is 56.4 Å². The Balaban J connectivity index is 0.00000320. The van der Waals surface area contributed by atoms with Gasteiger partial charge in [0.1, 0.15) is 5.75 Å². The molecule has 0 aromatic heterocycles. The standard InChI is InChI=1S/C19H26F2N4O4.HI/c1-2-22-19(23-6-5-17(26)25-7-3-4-8-25)24-11-13-9-15-16(28-12-27-15)10-14(13)29-18(20)21;/h9-10,18H,2-8,11-12H2,1H3,(H2,22,23,24);1H. The molecule has 1 amide bonds. The largest absolute Gasteiger partial charge is 0.454 e. The highest BCUT2D eigenvalue weighted by molar-refractivity contribution is 14.0. The predicted octanol–water partition coefficient (Wildman–Crippen LogP) is 2.70. The number of rotatable bonds is 8. The topological polar surface area (TPSA) is 84.4 Å². The van der Waals surface area contributed by atoms with Gasteiger partial charge in [0.25, 0.3) is 0 Å². The zero-order valence-electron chi connectivity index (χ0n) is 16.8. The Hall–Kier alpha value is -2.05. The Kier molecular flexibility index (Phi) is 9.66. The molecule has 0 radical (unpaired) electrons. The molecule has 1 saturated heterocycles. The first-order chi connectivity index (χ1) is 14.1. The summed E-state index contributed by atoms with van der Waals surface area (Å²) in [5.74, 6) is 1.43. The van der Waals surface area contributed by atoms with E-state index in [2.05, 4.69) is 20.4 Å². The lowest BCUT2D eigenvalue weighted by molar-refractivity contribution is -0.129. The summed E-state index contributed by atoms with van der Waals surface area (Å²) in [6.07, 6.45) is 2.48. The zero-order chi connectivity index (χ0) is 20.6. The van der Waals surface area contributed by atoms with E-state index in [1.54, 1.807) is 6.07 Å². The molecular formula is C19H27F2IN4O4. The van der Waals surface area contributed by atoms with Crippen molar-refractivity contribution in [3.05, 3.63) is 17.7 Å². The van der Waals surface area contributed by atoms with Gasteiger partial charge in [-0.2, -0.15) is 8.78 Å². The van der Waals surface area contributed by atoms with Crippen molar-refractivity contribution in [2.45, 2.75) is 39.3 Å². The number of carbonyl (C=O) groups excluding carboxylic acids is 1. The van der Waals surface area contributed by atoms with Gasteiger partial charge in [0.05, 0.1) is 6.54 Å². The number of fused-ring (bicyclic) bond motifs is 1. The van der Waals surface area contributed by atoms with Crippen LogP contribution in [-0.2, 0) is 11.3 Å². The fourth-order valence-electron chi connectivity index (χ4n) is 3.21. The molecule has 1 fully saturated rings. The molecule has 168 valence electrons. The molecule has 11 heteroatoms. The van der Waals surface area contributed by atoms with Crippen molar-refractivity contribution in [3.8, 4) is 17.2 Å². The van der Waals surface area contributed by atoms with Crippen LogP contribution in [0, 0.1) is 0 Å². The monoisotopic (exact) mass is 540 g/mol. The summed E-state index contributed by atoms with van der Waals surface area (Å²) in [6.45, 7) is 1.78. The number of amides is 1. The first-order valence-electron chi connectivity index (χ1n) is 9.74. The SMILES string of the molecule is CCNC(=NCc1cc2c(cc1OC(F)F)OCO2)NCCC(=O)N1CCCC1.I. The van der Waals surface area contributed by atoms with Crippen LogP contribution in [0.1, 0.15) is 31.7 Å². The van der Waals surface area contributed by atoms with Crippen molar-refractivity contribution in [2.75, 3.05) is 33.0 Å². The van der Waals surface area contributed by atoms with Crippen LogP contribution in [0.2, 0.25) is 0 Å². The van der Waals surface area contributed by atoms with E-state index in [-0.39, 0.29) is 49.0 Å². The lowest BCUT2D eigenvalue weighted by Crippen LogP contribution is -2.39. The molecule has 0 bridgehead atoms. The molecule has 2 aliphatic heterocycles. The molecule has 0 aliphatic carbocycles. The van der Waals surface area contributed by atoms with Gasteiger partial charge in [-0.3, -0.25) is 4.79 Å². The average Bonchev–Trinajstić information content (AvgIpc) is 3.37. The first kappa shape index (κ1) is 24.2. The van der Waals surface area contributed by atoms with Gasteiger partial charge >= 0.3 is 6.61 Å². The lowest BCUT2D eigenvalue weighted by atomic mass is 10.1. The second kappa shape index (κ2) is 12.0. The lowest BCUT2D eigenvalue weighted by Gasteiger charge is -2.16. The van der Waals surface area contributed by atoms with E-state index < -0.39 is 6.61 Å². The highest BCUT2D eigenvalue weighted by Gasteiger charge is 2.20. The summed E-state index contributed by atoms with van der Waals surface area (Å²) in [5.41, 5.74) is 0.444. The number of guanidine groups is 1. The van der Waals surface area contributed by atoms with E-state index in [9.17, 15) is 13.6 Å². The second-order valence-electron chi connectivity index (χ2n) is 6.65. The van der Waals surface area contributed by atoms with Gasteiger partial charge in [-0.25, -0.2) is 4.99 Å². The molecule has 2 heterocycles. The van der Waals surface area contributed by atoms with Gasteiger partial charge in [-0.05, 0) is 25.8 Å². The number of ether oxygens (including phenoxy) is 3. The van der Waals surface area contributed by atoms with E-state index in [1.807, 2.05) is 11.8 Å². The summed E-state index contributed by atoms with van der Waals surface area (Å²) >= 11 is 0. The van der Waals surface area contributed by atoms with Crippen LogP contribution in [0.5, 0.6) is 17.2 Å². The maximum absolute atomic E-state index is 12.8. The molecule has 2 aliphatic rings. The second-order valence-corrected chi connectivity index (χ2v) is 6.65. The smallest absolute Gasteiger partial charge is 0.387 e. The van der Waals surface area contributed by atoms with Crippen molar-refractivity contribution in [3.63, 3.8) is 0 Å². The van der Waals surface area contributed by atoms with Gasteiger partial charge < -0.3 is 29.7 Å². The van der Waals surface area contributed by atoms with Gasteiger partial charge in [-0.1, -0.05) is 0 Å². The average molecular weight is 540 g/mol. The number of likely N-dealkylation sites (tertiary alicyclic amines) is 1. The van der Waals surface area contributed by atoms with Crippen LogP contribution in [0.15, 0.2) is 17.1 Å². The molecule has 3 rings (SSSR count). The van der Waals surface area contributed by atoms with E-state index in [0.29, 0.717) is 42.5 Å². The Morgan fingerprint density at radius 2 is 1.93 bits per heavy atom. The molecule has 0 atom stereocenters. The van der Waals surface area contributed by atoms with E-state index >= 15 is 0 Å². The van der Waals surface area contributed by atoms with Crippen molar-refractivity contribution in [1.82, 2.24) is 15.5 Å². The fraction of sp³-hybridized carbons (Fsp3) is 0.579. The third kappa shape index (κ3) is 6.74. The Morgan fingerprint density at radius 3 is 2.60 bits per heavy atom. The van der Waals surface area contributed by atoms with Gasteiger partial charge in [0.2, 0.25) is 12.7 Å². The number of aliphatic imine (C=N–C) groups is 1.